The summed E-state index contributed by atoms with van der Waals surface area (Å²) in [5, 5.41) is 2.40. The van der Waals surface area contributed by atoms with E-state index in [1.165, 1.54) is 28.8 Å². The molecular formula is C32H39FN6. The largest absolute Gasteiger partial charge is 0.383 e. The SMILES string of the molecule is CC/C(C)=C\C(C)c1cc(C)c(-c2cc(F)cc3c(N)nc(N=C4C=C/C(=C(\C)CC)N(C)N4)nc23)c(C)c1. The Morgan fingerprint density at radius 2 is 1.77 bits per heavy atom. The normalized spacial score (nSPS) is 17.1. The number of aliphatic imine (C=N–C) groups is 1. The van der Waals surface area contributed by atoms with Crippen LogP contribution in [-0.4, -0.2) is 27.9 Å². The first-order chi connectivity index (χ1) is 18.5. The van der Waals surface area contributed by atoms with E-state index in [2.05, 4.69) is 82.1 Å². The lowest BCUT2D eigenvalue weighted by molar-refractivity contribution is 0.374. The Morgan fingerprint density at radius 3 is 2.38 bits per heavy atom. The Bertz CT molecular complexity index is 1520. The van der Waals surface area contributed by atoms with Crippen molar-refractivity contribution >= 4 is 28.5 Å². The number of amidine groups is 1. The molecule has 2 aromatic carbocycles. The second-order valence-corrected chi connectivity index (χ2v) is 10.5. The van der Waals surface area contributed by atoms with E-state index in [0.29, 0.717) is 22.3 Å². The van der Waals surface area contributed by atoms with E-state index in [-0.39, 0.29) is 23.5 Å². The number of rotatable bonds is 6. The van der Waals surface area contributed by atoms with Crippen LogP contribution in [-0.2, 0) is 0 Å². The van der Waals surface area contributed by atoms with Gasteiger partial charge in [-0.05, 0) is 98.6 Å². The van der Waals surface area contributed by atoms with Gasteiger partial charge in [0.25, 0.3) is 5.95 Å². The number of anilines is 1. The fourth-order valence-electron chi connectivity index (χ4n) is 5.09. The van der Waals surface area contributed by atoms with Gasteiger partial charge in [-0.25, -0.2) is 9.37 Å². The Labute approximate surface area is 231 Å². The Morgan fingerprint density at radius 1 is 1.08 bits per heavy atom. The van der Waals surface area contributed by atoms with Crippen LogP contribution < -0.4 is 11.2 Å². The van der Waals surface area contributed by atoms with E-state index in [9.17, 15) is 4.39 Å². The van der Waals surface area contributed by atoms with E-state index in [1.807, 2.05) is 24.2 Å². The molecule has 3 N–H and O–H groups in total. The van der Waals surface area contributed by atoms with Gasteiger partial charge in [-0.3, -0.25) is 10.4 Å². The first kappa shape index (κ1) is 28.0. The molecule has 1 unspecified atom stereocenters. The number of nitrogens with one attached hydrogen (secondary N) is 1. The lowest BCUT2D eigenvalue weighted by atomic mass is 9.88. The molecule has 0 aliphatic carbocycles. The van der Waals surface area contributed by atoms with Crippen molar-refractivity contribution in [2.45, 2.75) is 67.2 Å². The molecule has 0 spiro atoms. The van der Waals surface area contributed by atoms with Crippen molar-refractivity contribution in [2.75, 3.05) is 12.8 Å². The van der Waals surface area contributed by atoms with Crippen LogP contribution in [0.2, 0.25) is 0 Å². The molecule has 0 saturated heterocycles. The van der Waals surface area contributed by atoms with Crippen molar-refractivity contribution in [1.82, 2.24) is 20.4 Å². The minimum absolute atomic E-state index is 0.191. The molecule has 39 heavy (non-hydrogen) atoms. The zero-order valence-electron chi connectivity index (χ0n) is 24.3. The lowest BCUT2D eigenvalue weighted by Crippen LogP contribution is -2.40. The van der Waals surface area contributed by atoms with E-state index in [1.54, 1.807) is 0 Å². The number of hydrogen-bond donors (Lipinski definition) is 2. The van der Waals surface area contributed by atoms with Gasteiger partial charge in [0.2, 0.25) is 0 Å². The quantitative estimate of drug-likeness (QED) is 0.320. The first-order valence-electron chi connectivity index (χ1n) is 13.5. The van der Waals surface area contributed by atoms with Crippen molar-refractivity contribution in [3.8, 4) is 11.1 Å². The summed E-state index contributed by atoms with van der Waals surface area (Å²) in [6.07, 6.45) is 8.20. The molecule has 7 heteroatoms. The zero-order chi connectivity index (χ0) is 28.4. The fraction of sp³-hybridized carbons (Fsp3) is 0.344. The number of likely N-dealkylation sites (N-methyl/N-ethyl adjacent to an activating group) is 1. The Hall–Kier alpha value is -4.00. The van der Waals surface area contributed by atoms with Crippen LogP contribution in [0.3, 0.4) is 0 Å². The molecule has 1 aromatic heterocycles. The van der Waals surface area contributed by atoms with Gasteiger partial charge in [0.05, 0.1) is 11.2 Å². The molecule has 1 atom stereocenters. The van der Waals surface area contributed by atoms with Crippen LogP contribution >= 0.6 is 0 Å². The molecule has 0 amide bonds. The van der Waals surface area contributed by atoms with Crippen molar-refractivity contribution in [3.05, 3.63) is 81.8 Å². The Kier molecular flexibility index (Phi) is 8.19. The van der Waals surface area contributed by atoms with E-state index in [4.69, 9.17) is 10.7 Å². The second kappa shape index (κ2) is 11.4. The molecule has 0 bridgehead atoms. The summed E-state index contributed by atoms with van der Waals surface area (Å²) in [6, 6.07) is 7.29. The summed E-state index contributed by atoms with van der Waals surface area (Å²) in [5.41, 5.74) is 18.9. The smallest absolute Gasteiger partial charge is 0.253 e. The maximum Gasteiger partial charge on any atom is 0.253 e. The lowest BCUT2D eigenvalue weighted by Gasteiger charge is -2.27. The van der Waals surface area contributed by atoms with Crippen molar-refractivity contribution in [3.63, 3.8) is 0 Å². The van der Waals surface area contributed by atoms with Gasteiger partial charge >= 0.3 is 0 Å². The highest BCUT2D eigenvalue weighted by Gasteiger charge is 2.19. The molecule has 0 radical (unpaired) electrons. The number of nitrogens with zero attached hydrogens (tertiary/aromatic N) is 4. The van der Waals surface area contributed by atoms with Crippen molar-refractivity contribution in [1.29, 1.82) is 0 Å². The highest BCUT2D eigenvalue weighted by Crippen LogP contribution is 2.37. The van der Waals surface area contributed by atoms with Gasteiger partial charge < -0.3 is 5.73 Å². The number of hydrogen-bond acceptors (Lipinski definition) is 5. The Balaban J connectivity index is 1.84. The standard InChI is InChI=1S/C32H39FN6/c1-9-18(3)13-20(5)23-14-21(6)29(22(7)15-23)25-16-24(33)17-26-30(25)36-32(37-31(26)34)35-28-12-11-27(19(4)10-2)39(8)38-28/h11-17,20H,9-10H2,1-8H3,(H3,34,35,36,37,38)/b18-13-,27-19-. The molecule has 204 valence electrons. The summed E-state index contributed by atoms with van der Waals surface area (Å²) in [4.78, 5) is 13.8. The number of hydrazine groups is 1. The van der Waals surface area contributed by atoms with Gasteiger partial charge in [0, 0.05) is 18.0 Å². The van der Waals surface area contributed by atoms with Gasteiger partial charge in [-0.1, -0.05) is 44.6 Å². The molecule has 4 rings (SSSR count). The van der Waals surface area contributed by atoms with Gasteiger partial charge in [0.1, 0.15) is 17.5 Å². The van der Waals surface area contributed by atoms with Crippen LogP contribution in [0.5, 0.6) is 0 Å². The molecule has 0 saturated carbocycles. The van der Waals surface area contributed by atoms with E-state index < -0.39 is 0 Å². The minimum atomic E-state index is -0.381. The number of aryl methyl sites for hydroxylation is 2. The maximum absolute atomic E-state index is 14.9. The minimum Gasteiger partial charge on any atom is -0.383 e. The zero-order valence-corrected chi connectivity index (χ0v) is 24.3. The molecular weight excluding hydrogens is 487 g/mol. The second-order valence-electron chi connectivity index (χ2n) is 10.5. The average Bonchev–Trinajstić information content (AvgIpc) is 2.88. The number of aromatic nitrogens is 2. The molecule has 2 heterocycles. The summed E-state index contributed by atoms with van der Waals surface area (Å²) in [6.45, 7) is 14.9. The number of halogens is 1. The summed E-state index contributed by atoms with van der Waals surface area (Å²) in [5.74, 6) is 0.902. The summed E-state index contributed by atoms with van der Waals surface area (Å²) >= 11 is 0. The van der Waals surface area contributed by atoms with Gasteiger partial charge in [-0.15, -0.1) is 0 Å². The topological polar surface area (TPSA) is 79.4 Å². The van der Waals surface area contributed by atoms with Crippen molar-refractivity contribution in [2.24, 2.45) is 4.99 Å². The average molecular weight is 527 g/mol. The first-order valence-corrected chi connectivity index (χ1v) is 13.5. The van der Waals surface area contributed by atoms with Crippen molar-refractivity contribution < 1.29 is 4.39 Å². The number of nitrogen functional groups attached to an aromatic ring is 1. The van der Waals surface area contributed by atoms with Crippen LogP contribution in [0.15, 0.2) is 64.3 Å². The van der Waals surface area contributed by atoms with Crippen LogP contribution in [0, 0.1) is 19.7 Å². The highest BCUT2D eigenvalue weighted by atomic mass is 19.1. The van der Waals surface area contributed by atoms with Crippen LogP contribution in [0.1, 0.15) is 70.1 Å². The number of fused-ring (bicyclic) bond motifs is 1. The molecule has 0 fully saturated rings. The third-order valence-electron chi connectivity index (χ3n) is 7.46. The van der Waals surface area contributed by atoms with Gasteiger partial charge in [0.15, 0.2) is 0 Å². The monoisotopic (exact) mass is 526 g/mol. The highest BCUT2D eigenvalue weighted by molar-refractivity contribution is 6.01. The maximum atomic E-state index is 14.9. The third-order valence-corrected chi connectivity index (χ3v) is 7.46. The van der Waals surface area contributed by atoms with Crippen LogP contribution in [0.25, 0.3) is 22.0 Å². The fourth-order valence-corrected chi connectivity index (χ4v) is 5.09. The number of benzene rings is 2. The predicted molar refractivity (Wildman–Crippen MR) is 161 cm³/mol. The number of allylic oxidation sites excluding steroid dienone is 4. The molecule has 6 nitrogen and oxygen atoms in total. The summed E-state index contributed by atoms with van der Waals surface area (Å²) < 4.78 is 14.9. The third kappa shape index (κ3) is 5.87. The van der Waals surface area contributed by atoms with Gasteiger partial charge in [-0.2, -0.15) is 9.98 Å². The molecule has 1 aliphatic rings. The molecule has 3 aromatic rings. The van der Waals surface area contributed by atoms with Crippen LogP contribution in [0.4, 0.5) is 16.2 Å². The predicted octanol–water partition coefficient (Wildman–Crippen LogP) is 7.81. The summed E-state index contributed by atoms with van der Waals surface area (Å²) in [7, 11) is 1.94. The number of nitrogens with two attached hydrogens (primary N) is 1. The molecule has 1 aliphatic heterocycles. The van der Waals surface area contributed by atoms with E-state index in [0.717, 1.165) is 35.2 Å². The van der Waals surface area contributed by atoms with E-state index >= 15 is 0 Å².